The van der Waals surface area contributed by atoms with Gasteiger partial charge < -0.3 is 4.90 Å². The second kappa shape index (κ2) is 8.89. The van der Waals surface area contributed by atoms with Crippen LogP contribution in [0.15, 0.2) is 34.2 Å². The molecule has 4 nitrogen and oxygen atoms in total. The van der Waals surface area contributed by atoms with Gasteiger partial charge >= 0.3 is 0 Å². The molecule has 1 rings (SSSR count). The number of halogens is 1. The molecule has 0 bridgehead atoms. The summed E-state index contributed by atoms with van der Waals surface area (Å²) in [5.74, 6) is -0.901. The molecule has 0 aliphatic rings. The Kier molecular flexibility index (Phi) is 7.52. The van der Waals surface area contributed by atoms with Crippen LogP contribution in [-0.4, -0.2) is 28.9 Å². The molecule has 0 radical (unpaired) electrons. The topological polar surface area (TPSA) is 54.5 Å². The van der Waals surface area contributed by atoms with Crippen molar-refractivity contribution in [2.45, 2.75) is 33.7 Å². The summed E-state index contributed by atoms with van der Waals surface area (Å²) in [5, 5.41) is 0. The van der Waals surface area contributed by atoms with Gasteiger partial charge in [-0.15, -0.1) is 12.6 Å². The van der Waals surface area contributed by atoms with Crippen molar-refractivity contribution in [3.63, 3.8) is 0 Å². The molecule has 0 aliphatic carbocycles. The van der Waals surface area contributed by atoms with Crippen LogP contribution in [0, 0.1) is 6.92 Å². The predicted octanol–water partition coefficient (Wildman–Crippen LogP) is 3.27. The third-order valence-corrected chi connectivity index (χ3v) is 3.81. The van der Waals surface area contributed by atoms with E-state index < -0.39 is 0 Å². The number of hydrogen-bond acceptors (Lipinski definition) is 4. The largest absolute Gasteiger partial charge is 0.327 e. The third kappa shape index (κ3) is 6.59. The fourth-order valence-electron chi connectivity index (χ4n) is 2.10. The Hall–Kier alpha value is -1.59. The van der Waals surface area contributed by atoms with Crippen LogP contribution in [0.1, 0.15) is 31.4 Å². The van der Waals surface area contributed by atoms with Crippen LogP contribution in [0.2, 0.25) is 0 Å². The van der Waals surface area contributed by atoms with Crippen molar-refractivity contribution in [1.29, 1.82) is 0 Å². The number of carbonyl (C=O) groups is 3. The van der Waals surface area contributed by atoms with E-state index in [1.54, 1.807) is 6.92 Å². The minimum absolute atomic E-state index is 0.0864. The lowest BCUT2D eigenvalue weighted by Crippen LogP contribution is -2.36. The van der Waals surface area contributed by atoms with Gasteiger partial charge in [0, 0.05) is 12.1 Å². The zero-order chi connectivity index (χ0) is 17.6. The van der Waals surface area contributed by atoms with Crippen molar-refractivity contribution in [1.82, 2.24) is 4.90 Å². The molecule has 0 atom stereocenters. The predicted molar refractivity (Wildman–Crippen MR) is 94.4 cm³/mol. The van der Waals surface area contributed by atoms with Crippen LogP contribution in [0.3, 0.4) is 0 Å². The highest BCUT2D eigenvalue weighted by Crippen LogP contribution is 2.17. The number of aryl methyl sites for hydroxylation is 1. The number of thiol groups is 1. The number of benzene rings is 1. The maximum atomic E-state index is 12.5. The van der Waals surface area contributed by atoms with Gasteiger partial charge in [0.2, 0.25) is 0 Å². The van der Waals surface area contributed by atoms with E-state index in [4.69, 9.17) is 11.6 Å². The standard InChI is InChI=1S/C17H20ClNO3S/c1-11-5-4-6-14(7-11)9-19(10-15(21)8-12(2)20)17(22)13(3)16(18)23/h4-7,23H,8-10H2,1-3H3/b16-13-. The maximum absolute atomic E-state index is 12.5. The van der Waals surface area contributed by atoms with Gasteiger partial charge in [0.25, 0.3) is 5.91 Å². The fourth-order valence-corrected chi connectivity index (χ4v) is 2.28. The molecule has 1 aromatic carbocycles. The van der Waals surface area contributed by atoms with Gasteiger partial charge in [0.1, 0.15) is 5.78 Å². The Morgan fingerprint density at radius 2 is 1.87 bits per heavy atom. The van der Waals surface area contributed by atoms with Gasteiger partial charge in [0.15, 0.2) is 5.78 Å². The number of ketones is 2. The molecule has 1 amide bonds. The van der Waals surface area contributed by atoms with Gasteiger partial charge in [-0.1, -0.05) is 41.4 Å². The summed E-state index contributed by atoms with van der Waals surface area (Å²) in [6, 6.07) is 7.66. The number of hydrogen-bond donors (Lipinski definition) is 1. The highest BCUT2D eigenvalue weighted by molar-refractivity contribution is 7.86. The minimum atomic E-state index is -0.372. The molecule has 0 saturated heterocycles. The quantitative estimate of drug-likeness (QED) is 0.465. The molecule has 1 aromatic rings. The number of amides is 1. The SMILES string of the molecule is CC(=O)CC(=O)CN(Cc1cccc(C)c1)C(=O)/C(C)=C(\S)Cl. The molecule has 0 N–H and O–H groups in total. The van der Waals surface area contributed by atoms with Crippen molar-refractivity contribution in [3.8, 4) is 0 Å². The summed E-state index contributed by atoms with van der Waals surface area (Å²) in [4.78, 5) is 36.9. The summed E-state index contributed by atoms with van der Waals surface area (Å²) in [7, 11) is 0. The molecule has 0 aromatic heterocycles. The molecule has 6 heteroatoms. The molecule has 0 fully saturated rings. The first-order chi connectivity index (χ1) is 10.7. The van der Waals surface area contributed by atoms with Gasteiger partial charge in [-0.25, -0.2) is 0 Å². The Morgan fingerprint density at radius 1 is 1.22 bits per heavy atom. The molecular weight excluding hydrogens is 334 g/mol. The summed E-state index contributed by atoms with van der Waals surface area (Å²) >= 11 is 9.75. The van der Waals surface area contributed by atoms with E-state index in [1.807, 2.05) is 31.2 Å². The average molecular weight is 354 g/mol. The fraction of sp³-hybridized carbons (Fsp3) is 0.353. The molecule has 0 spiro atoms. The molecule has 124 valence electrons. The maximum Gasteiger partial charge on any atom is 0.252 e. The smallest absolute Gasteiger partial charge is 0.252 e. The number of nitrogens with zero attached hydrogens (tertiary/aromatic N) is 1. The van der Waals surface area contributed by atoms with Crippen molar-refractivity contribution in [2.75, 3.05) is 6.54 Å². The molecule has 0 aliphatic heterocycles. The summed E-state index contributed by atoms with van der Waals surface area (Å²) in [6.45, 7) is 4.98. The monoisotopic (exact) mass is 353 g/mol. The van der Waals surface area contributed by atoms with E-state index in [-0.39, 0.29) is 46.9 Å². The van der Waals surface area contributed by atoms with Crippen LogP contribution < -0.4 is 0 Å². The Labute approximate surface area is 146 Å². The second-order valence-electron chi connectivity index (χ2n) is 5.48. The van der Waals surface area contributed by atoms with Gasteiger partial charge in [-0.3, -0.25) is 14.4 Å². The number of carbonyl (C=O) groups excluding carboxylic acids is 3. The lowest BCUT2D eigenvalue weighted by Gasteiger charge is -2.23. The molecule has 23 heavy (non-hydrogen) atoms. The zero-order valence-corrected chi connectivity index (χ0v) is 15.1. The van der Waals surface area contributed by atoms with Crippen LogP contribution in [0.4, 0.5) is 0 Å². The first-order valence-electron chi connectivity index (χ1n) is 7.12. The van der Waals surface area contributed by atoms with E-state index in [9.17, 15) is 14.4 Å². The lowest BCUT2D eigenvalue weighted by atomic mass is 10.1. The van der Waals surface area contributed by atoms with E-state index in [1.165, 1.54) is 11.8 Å². The Bertz CT molecular complexity index is 651. The second-order valence-corrected chi connectivity index (χ2v) is 6.57. The lowest BCUT2D eigenvalue weighted by molar-refractivity contribution is -0.134. The van der Waals surface area contributed by atoms with Gasteiger partial charge in [-0.05, 0) is 26.3 Å². The van der Waals surface area contributed by atoms with Crippen LogP contribution in [-0.2, 0) is 20.9 Å². The van der Waals surface area contributed by atoms with Crippen molar-refractivity contribution in [2.24, 2.45) is 0 Å². The first kappa shape index (κ1) is 19.5. The first-order valence-corrected chi connectivity index (χ1v) is 7.94. The third-order valence-electron chi connectivity index (χ3n) is 3.19. The minimum Gasteiger partial charge on any atom is -0.327 e. The average Bonchev–Trinajstić information content (AvgIpc) is 2.44. The van der Waals surface area contributed by atoms with Crippen LogP contribution >= 0.6 is 24.2 Å². The molecule has 0 heterocycles. The number of rotatable bonds is 7. The van der Waals surface area contributed by atoms with Crippen molar-refractivity contribution in [3.05, 3.63) is 45.3 Å². The number of Topliss-reactive ketones (excluding diaryl/α,β-unsaturated/α-hetero) is 2. The van der Waals surface area contributed by atoms with Crippen LogP contribution in [0.5, 0.6) is 0 Å². The van der Waals surface area contributed by atoms with E-state index in [2.05, 4.69) is 12.6 Å². The molecular formula is C17H20ClNO3S. The van der Waals surface area contributed by atoms with E-state index in [0.29, 0.717) is 0 Å². The summed E-state index contributed by atoms with van der Waals surface area (Å²) < 4.78 is 0.0864. The molecule has 0 unspecified atom stereocenters. The van der Waals surface area contributed by atoms with Crippen LogP contribution in [0.25, 0.3) is 0 Å². The van der Waals surface area contributed by atoms with Crippen molar-refractivity contribution >= 4 is 41.7 Å². The normalized spacial score (nSPS) is 11.7. The summed E-state index contributed by atoms with van der Waals surface area (Å²) in [5.41, 5.74) is 2.22. The van der Waals surface area contributed by atoms with E-state index in [0.717, 1.165) is 11.1 Å². The highest BCUT2D eigenvalue weighted by Gasteiger charge is 2.21. The van der Waals surface area contributed by atoms with E-state index >= 15 is 0 Å². The zero-order valence-electron chi connectivity index (χ0n) is 13.4. The Balaban J connectivity index is 3.01. The van der Waals surface area contributed by atoms with Gasteiger partial charge in [-0.2, -0.15) is 0 Å². The summed E-state index contributed by atoms with van der Waals surface area (Å²) in [6.07, 6.45) is -0.186. The Morgan fingerprint density at radius 3 is 2.39 bits per heavy atom. The highest BCUT2D eigenvalue weighted by atomic mass is 35.5. The van der Waals surface area contributed by atoms with Gasteiger partial charge in [0.05, 0.1) is 17.3 Å². The van der Waals surface area contributed by atoms with Crippen molar-refractivity contribution < 1.29 is 14.4 Å². The molecule has 0 saturated carbocycles.